The fourth-order valence-electron chi connectivity index (χ4n) is 2.32. The molecule has 0 radical (unpaired) electrons. The molecule has 0 saturated carbocycles. The molecule has 0 spiro atoms. The van der Waals surface area contributed by atoms with E-state index >= 15 is 0 Å². The topological polar surface area (TPSA) is 41.1 Å². The number of nitrogens with one attached hydrogen (secondary N) is 1. The Balaban J connectivity index is 1.76. The molecule has 2 aliphatic heterocycles. The zero-order valence-corrected chi connectivity index (χ0v) is 8.13. The number of fused-ring (bicyclic) bond motifs is 1. The van der Waals surface area contributed by atoms with Gasteiger partial charge in [-0.2, -0.15) is 4.37 Å². The van der Waals surface area contributed by atoms with Crippen molar-refractivity contribution < 1.29 is 0 Å². The van der Waals surface area contributed by atoms with Crippen molar-refractivity contribution in [3.05, 3.63) is 6.33 Å². The highest BCUT2D eigenvalue weighted by Crippen LogP contribution is 2.30. The second-order valence-electron chi connectivity index (χ2n) is 3.81. The van der Waals surface area contributed by atoms with E-state index in [1.807, 2.05) is 0 Å². The number of hydrogen-bond acceptors (Lipinski definition) is 5. The summed E-state index contributed by atoms with van der Waals surface area (Å²) in [6.45, 7) is 4.68. The Labute approximate surface area is 81.1 Å². The van der Waals surface area contributed by atoms with Gasteiger partial charge in [0.05, 0.1) is 0 Å². The van der Waals surface area contributed by atoms with Crippen molar-refractivity contribution in [2.75, 3.05) is 31.1 Å². The summed E-state index contributed by atoms with van der Waals surface area (Å²) in [4.78, 5) is 6.61. The highest BCUT2D eigenvalue weighted by molar-refractivity contribution is 7.09. The van der Waals surface area contributed by atoms with Crippen LogP contribution in [0.5, 0.6) is 0 Å². The lowest BCUT2D eigenvalue weighted by Crippen LogP contribution is -2.25. The number of aromatic nitrogens is 2. The fraction of sp³-hybridized carbons (Fsp3) is 0.750. The molecule has 4 nitrogen and oxygen atoms in total. The fourth-order valence-corrected chi connectivity index (χ4v) is 2.87. The lowest BCUT2D eigenvalue weighted by atomic mass is 10.0. The van der Waals surface area contributed by atoms with Crippen molar-refractivity contribution in [1.29, 1.82) is 0 Å². The molecule has 2 unspecified atom stereocenters. The van der Waals surface area contributed by atoms with Gasteiger partial charge < -0.3 is 10.2 Å². The van der Waals surface area contributed by atoms with Crippen LogP contribution in [0.3, 0.4) is 0 Å². The van der Waals surface area contributed by atoms with E-state index in [9.17, 15) is 0 Å². The molecule has 2 fully saturated rings. The van der Waals surface area contributed by atoms with Gasteiger partial charge in [-0.05, 0) is 11.8 Å². The van der Waals surface area contributed by atoms with Gasteiger partial charge in [-0.1, -0.05) is 0 Å². The summed E-state index contributed by atoms with van der Waals surface area (Å²) in [6.07, 6.45) is 1.65. The molecule has 2 aliphatic rings. The Hall–Kier alpha value is -0.680. The van der Waals surface area contributed by atoms with Crippen LogP contribution in [0.4, 0.5) is 5.13 Å². The third-order valence-electron chi connectivity index (χ3n) is 3.01. The van der Waals surface area contributed by atoms with E-state index in [1.165, 1.54) is 24.6 Å². The largest absolute Gasteiger partial charge is 0.346 e. The van der Waals surface area contributed by atoms with Crippen molar-refractivity contribution in [2.24, 2.45) is 11.8 Å². The Morgan fingerprint density at radius 2 is 2.15 bits per heavy atom. The van der Waals surface area contributed by atoms with Crippen LogP contribution >= 0.6 is 11.5 Å². The van der Waals surface area contributed by atoms with Gasteiger partial charge in [0.25, 0.3) is 0 Å². The minimum Gasteiger partial charge on any atom is -0.346 e. The predicted molar refractivity (Wildman–Crippen MR) is 52.0 cm³/mol. The summed E-state index contributed by atoms with van der Waals surface area (Å²) in [5.74, 6) is 1.67. The average Bonchev–Trinajstić information content (AvgIpc) is 2.78. The van der Waals surface area contributed by atoms with Gasteiger partial charge in [0, 0.05) is 37.7 Å². The Kier molecular flexibility index (Phi) is 1.73. The van der Waals surface area contributed by atoms with Gasteiger partial charge in [-0.3, -0.25) is 0 Å². The van der Waals surface area contributed by atoms with Gasteiger partial charge in [0.15, 0.2) is 0 Å². The monoisotopic (exact) mass is 196 g/mol. The number of rotatable bonds is 1. The van der Waals surface area contributed by atoms with E-state index in [2.05, 4.69) is 19.6 Å². The number of anilines is 1. The van der Waals surface area contributed by atoms with Crippen LogP contribution in [0.25, 0.3) is 0 Å². The van der Waals surface area contributed by atoms with Crippen molar-refractivity contribution in [1.82, 2.24) is 14.7 Å². The molecule has 2 atom stereocenters. The number of nitrogens with zero attached hydrogens (tertiary/aromatic N) is 3. The molecule has 0 amide bonds. The van der Waals surface area contributed by atoms with Crippen LogP contribution in [0, 0.1) is 11.8 Å². The molecule has 13 heavy (non-hydrogen) atoms. The normalized spacial score (nSPS) is 32.5. The summed E-state index contributed by atoms with van der Waals surface area (Å²) in [5, 5.41) is 4.52. The maximum atomic E-state index is 4.24. The molecule has 5 heteroatoms. The smallest absolute Gasteiger partial charge is 0.204 e. The quantitative estimate of drug-likeness (QED) is 0.696. The van der Waals surface area contributed by atoms with Crippen LogP contribution < -0.4 is 10.2 Å². The lowest BCUT2D eigenvalue weighted by molar-refractivity contribution is 0.533. The van der Waals surface area contributed by atoms with E-state index in [0.29, 0.717) is 0 Å². The lowest BCUT2D eigenvalue weighted by Gasteiger charge is -2.14. The summed E-state index contributed by atoms with van der Waals surface area (Å²) in [6, 6.07) is 0. The van der Waals surface area contributed by atoms with Crippen LogP contribution in [0.2, 0.25) is 0 Å². The first-order valence-electron chi connectivity index (χ1n) is 4.66. The maximum absolute atomic E-state index is 4.24. The summed E-state index contributed by atoms with van der Waals surface area (Å²) in [7, 11) is 0. The molecule has 1 N–H and O–H groups in total. The van der Waals surface area contributed by atoms with E-state index in [0.717, 1.165) is 30.1 Å². The van der Waals surface area contributed by atoms with Crippen LogP contribution in [-0.4, -0.2) is 35.5 Å². The van der Waals surface area contributed by atoms with E-state index in [4.69, 9.17) is 0 Å². The van der Waals surface area contributed by atoms with E-state index in [1.54, 1.807) is 6.33 Å². The van der Waals surface area contributed by atoms with Gasteiger partial charge in [-0.25, -0.2) is 4.98 Å². The van der Waals surface area contributed by atoms with Gasteiger partial charge >= 0.3 is 0 Å². The molecule has 0 aromatic carbocycles. The molecule has 70 valence electrons. The standard InChI is InChI=1S/C8H12N4S/c1-6-3-12(4-7(6)2-9-1)8-10-5-11-13-8/h5-7,9H,1-4H2. The summed E-state index contributed by atoms with van der Waals surface area (Å²) < 4.78 is 4.03. The third kappa shape index (κ3) is 1.23. The Morgan fingerprint density at radius 3 is 2.77 bits per heavy atom. The zero-order valence-electron chi connectivity index (χ0n) is 7.31. The Bertz CT molecular complexity index is 274. The summed E-state index contributed by atoms with van der Waals surface area (Å²) in [5.41, 5.74) is 0. The molecule has 1 aromatic heterocycles. The van der Waals surface area contributed by atoms with Gasteiger partial charge in [0.1, 0.15) is 6.33 Å². The maximum Gasteiger partial charge on any atom is 0.204 e. The highest BCUT2D eigenvalue weighted by Gasteiger charge is 2.36. The first kappa shape index (κ1) is 7.70. The highest BCUT2D eigenvalue weighted by atomic mass is 32.1. The van der Waals surface area contributed by atoms with E-state index < -0.39 is 0 Å². The SMILES string of the molecule is c1nsc(N2CC3CNCC3C2)n1. The van der Waals surface area contributed by atoms with Gasteiger partial charge in [0.2, 0.25) is 5.13 Å². The predicted octanol–water partition coefficient (Wildman–Crippen LogP) is 0.194. The molecular formula is C8H12N4S. The van der Waals surface area contributed by atoms with E-state index in [-0.39, 0.29) is 0 Å². The second kappa shape index (κ2) is 2.92. The summed E-state index contributed by atoms with van der Waals surface area (Å²) >= 11 is 1.50. The van der Waals surface area contributed by atoms with Crippen LogP contribution in [0.15, 0.2) is 6.33 Å². The first-order valence-corrected chi connectivity index (χ1v) is 5.43. The molecule has 0 bridgehead atoms. The van der Waals surface area contributed by atoms with Gasteiger partial charge in [-0.15, -0.1) is 0 Å². The molecule has 1 aromatic rings. The molecule has 3 rings (SSSR count). The van der Waals surface area contributed by atoms with Crippen molar-refractivity contribution in [3.63, 3.8) is 0 Å². The molecule has 2 saturated heterocycles. The minimum absolute atomic E-state index is 0.837. The molecular weight excluding hydrogens is 184 g/mol. The Morgan fingerprint density at radius 1 is 1.38 bits per heavy atom. The van der Waals surface area contributed by atoms with Crippen LogP contribution in [-0.2, 0) is 0 Å². The molecule has 0 aliphatic carbocycles. The van der Waals surface area contributed by atoms with Crippen molar-refractivity contribution in [2.45, 2.75) is 0 Å². The third-order valence-corrected chi connectivity index (χ3v) is 3.74. The van der Waals surface area contributed by atoms with Crippen LogP contribution in [0.1, 0.15) is 0 Å². The zero-order chi connectivity index (χ0) is 8.67. The van der Waals surface area contributed by atoms with Crippen molar-refractivity contribution >= 4 is 16.7 Å². The number of hydrogen-bond donors (Lipinski definition) is 1. The molecule has 3 heterocycles. The first-order chi connectivity index (χ1) is 6.43. The average molecular weight is 196 g/mol. The minimum atomic E-state index is 0.837. The van der Waals surface area contributed by atoms with Crippen molar-refractivity contribution in [3.8, 4) is 0 Å². The second-order valence-corrected chi connectivity index (χ2v) is 4.57.